The Balaban J connectivity index is 2.22. The van der Waals surface area contributed by atoms with Crippen LogP contribution in [-0.2, 0) is 9.53 Å². The fraction of sp³-hybridized carbons (Fsp3) is 0.429. The van der Waals surface area contributed by atoms with Gasteiger partial charge in [0.05, 0.1) is 16.0 Å². The van der Waals surface area contributed by atoms with Crippen molar-refractivity contribution in [3.8, 4) is 0 Å². The lowest BCUT2D eigenvalue weighted by Crippen LogP contribution is -2.38. The lowest BCUT2D eigenvalue weighted by molar-refractivity contribution is -0.385. The monoisotopic (exact) mass is 370 g/mol. The van der Waals surface area contributed by atoms with E-state index in [9.17, 15) is 19.7 Å². The molecule has 0 bridgehead atoms. The standard InChI is InChI=1S/C14H15BrN2O5/c1-2-22-13(18)8-16(10-4-5-10)14(19)9-3-6-11(15)12(7-9)17(20)21/h3,6-7,10H,2,4-5,8H2,1H3. The van der Waals surface area contributed by atoms with Gasteiger partial charge in [0.2, 0.25) is 0 Å². The molecule has 8 heteroatoms. The highest BCUT2D eigenvalue weighted by molar-refractivity contribution is 9.10. The Kier molecular flexibility index (Phi) is 5.12. The van der Waals surface area contributed by atoms with E-state index in [0.29, 0.717) is 4.47 Å². The largest absolute Gasteiger partial charge is 0.465 e. The van der Waals surface area contributed by atoms with Gasteiger partial charge in [0.15, 0.2) is 0 Å². The second-order valence-electron chi connectivity index (χ2n) is 4.89. The molecule has 118 valence electrons. The number of amides is 1. The molecule has 1 aromatic rings. The number of esters is 1. The van der Waals surface area contributed by atoms with Crippen molar-refractivity contribution >= 4 is 33.5 Å². The third-order valence-electron chi connectivity index (χ3n) is 3.24. The summed E-state index contributed by atoms with van der Waals surface area (Å²) in [5.74, 6) is -0.875. The number of halogens is 1. The van der Waals surface area contributed by atoms with Gasteiger partial charge in [0.25, 0.3) is 11.6 Å². The zero-order valence-corrected chi connectivity index (χ0v) is 13.5. The van der Waals surface area contributed by atoms with Crippen LogP contribution in [-0.4, -0.2) is 40.9 Å². The number of ether oxygens (including phenoxy) is 1. The first-order chi connectivity index (χ1) is 10.4. The van der Waals surface area contributed by atoms with Crippen LogP contribution < -0.4 is 0 Å². The second-order valence-corrected chi connectivity index (χ2v) is 5.75. The zero-order chi connectivity index (χ0) is 16.3. The van der Waals surface area contributed by atoms with Gasteiger partial charge in [-0.25, -0.2) is 0 Å². The zero-order valence-electron chi connectivity index (χ0n) is 12.0. The van der Waals surface area contributed by atoms with Crippen LogP contribution >= 0.6 is 15.9 Å². The molecule has 0 spiro atoms. The van der Waals surface area contributed by atoms with Crippen molar-refractivity contribution in [3.05, 3.63) is 38.3 Å². The molecule has 0 unspecified atom stereocenters. The smallest absolute Gasteiger partial charge is 0.325 e. The molecule has 0 N–H and O–H groups in total. The first kappa shape index (κ1) is 16.4. The minimum Gasteiger partial charge on any atom is -0.465 e. The summed E-state index contributed by atoms with van der Waals surface area (Å²) in [6, 6.07) is 4.17. The van der Waals surface area contributed by atoms with Gasteiger partial charge >= 0.3 is 5.97 Å². The topological polar surface area (TPSA) is 89.8 Å². The van der Waals surface area contributed by atoms with Gasteiger partial charge in [0, 0.05) is 17.7 Å². The number of rotatable bonds is 6. The third kappa shape index (κ3) is 3.82. The van der Waals surface area contributed by atoms with Gasteiger partial charge < -0.3 is 9.64 Å². The molecular formula is C14H15BrN2O5. The Bertz CT molecular complexity index is 615. The molecule has 1 aromatic carbocycles. The second kappa shape index (κ2) is 6.87. The summed E-state index contributed by atoms with van der Waals surface area (Å²) < 4.78 is 5.17. The van der Waals surface area contributed by atoms with Gasteiger partial charge in [-0.3, -0.25) is 19.7 Å². The SMILES string of the molecule is CCOC(=O)CN(C(=O)c1ccc(Br)c([N+](=O)[O-])c1)C1CC1. The minimum absolute atomic E-state index is 0.000362. The van der Waals surface area contributed by atoms with Gasteiger partial charge in [-0.2, -0.15) is 0 Å². The lowest BCUT2D eigenvalue weighted by Gasteiger charge is -2.21. The lowest BCUT2D eigenvalue weighted by atomic mass is 10.1. The quantitative estimate of drug-likeness (QED) is 0.436. The predicted octanol–water partition coefficient (Wildman–Crippen LogP) is 2.53. The summed E-state index contributed by atoms with van der Waals surface area (Å²) in [5, 5.41) is 11.0. The van der Waals surface area contributed by atoms with Crippen LogP contribution in [0.15, 0.2) is 22.7 Å². The van der Waals surface area contributed by atoms with Crippen molar-refractivity contribution in [3.63, 3.8) is 0 Å². The van der Waals surface area contributed by atoms with E-state index in [1.165, 1.54) is 23.1 Å². The van der Waals surface area contributed by atoms with Crippen molar-refractivity contribution in [1.82, 2.24) is 4.90 Å². The molecule has 0 heterocycles. The summed E-state index contributed by atoms with van der Waals surface area (Å²) in [4.78, 5) is 36.0. The van der Waals surface area contributed by atoms with Crippen LogP contribution in [0.3, 0.4) is 0 Å². The number of carbonyl (C=O) groups is 2. The number of carbonyl (C=O) groups excluding carboxylic acids is 2. The van der Waals surface area contributed by atoms with Gasteiger partial charge in [0.1, 0.15) is 6.54 Å². The maximum absolute atomic E-state index is 12.5. The van der Waals surface area contributed by atoms with Gasteiger partial charge in [-0.05, 0) is 47.8 Å². The van der Waals surface area contributed by atoms with E-state index in [1.54, 1.807) is 6.92 Å². The normalized spacial score (nSPS) is 13.5. The number of hydrogen-bond acceptors (Lipinski definition) is 5. The van der Waals surface area contributed by atoms with Crippen LogP contribution in [0.4, 0.5) is 5.69 Å². The molecular weight excluding hydrogens is 356 g/mol. The highest BCUT2D eigenvalue weighted by Gasteiger charge is 2.35. The van der Waals surface area contributed by atoms with E-state index in [-0.39, 0.29) is 30.4 Å². The molecule has 0 saturated heterocycles. The number of benzene rings is 1. The molecule has 0 aromatic heterocycles. The molecule has 1 fully saturated rings. The van der Waals surface area contributed by atoms with E-state index >= 15 is 0 Å². The highest BCUT2D eigenvalue weighted by atomic mass is 79.9. The van der Waals surface area contributed by atoms with E-state index in [0.717, 1.165) is 12.8 Å². The average Bonchev–Trinajstić information content (AvgIpc) is 3.29. The molecule has 0 atom stereocenters. The summed E-state index contributed by atoms with van der Waals surface area (Å²) >= 11 is 3.08. The summed E-state index contributed by atoms with van der Waals surface area (Å²) in [6.45, 7) is 1.80. The third-order valence-corrected chi connectivity index (χ3v) is 3.91. The highest BCUT2D eigenvalue weighted by Crippen LogP contribution is 2.30. The van der Waals surface area contributed by atoms with Crippen molar-refractivity contribution in [2.24, 2.45) is 0 Å². The van der Waals surface area contributed by atoms with E-state index in [2.05, 4.69) is 15.9 Å². The molecule has 1 amide bonds. The Hall–Kier alpha value is -1.96. The predicted molar refractivity (Wildman–Crippen MR) is 81.5 cm³/mol. The molecule has 22 heavy (non-hydrogen) atoms. The molecule has 2 rings (SSSR count). The van der Waals surface area contributed by atoms with Crippen LogP contribution in [0, 0.1) is 10.1 Å². The first-order valence-electron chi connectivity index (χ1n) is 6.84. The summed E-state index contributed by atoms with van der Waals surface area (Å²) in [6.07, 6.45) is 1.65. The summed E-state index contributed by atoms with van der Waals surface area (Å²) in [7, 11) is 0. The fourth-order valence-corrected chi connectivity index (χ4v) is 2.44. The Morgan fingerprint density at radius 2 is 2.14 bits per heavy atom. The number of nitrogens with zero attached hydrogens (tertiary/aromatic N) is 2. The number of nitro benzene ring substituents is 1. The maximum atomic E-state index is 12.5. The number of nitro groups is 1. The Morgan fingerprint density at radius 1 is 1.45 bits per heavy atom. The van der Waals surface area contributed by atoms with Crippen LogP contribution in [0.5, 0.6) is 0 Å². The summed E-state index contributed by atoms with van der Waals surface area (Å²) in [5.41, 5.74) is 0.00355. The van der Waals surface area contributed by atoms with Crippen LogP contribution in [0.2, 0.25) is 0 Å². The van der Waals surface area contributed by atoms with Crippen molar-refractivity contribution < 1.29 is 19.2 Å². The molecule has 0 aliphatic heterocycles. The van der Waals surface area contributed by atoms with Gasteiger partial charge in [-0.15, -0.1) is 0 Å². The molecule has 0 radical (unpaired) electrons. The average molecular weight is 371 g/mol. The minimum atomic E-state index is -0.562. The van der Waals surface area contributed by atoms with Crippen molar-refractivity contribution in [2.75, 3.05) is 13.2 Å². The van der Waals surface area contributed by atoms with Crippen molar-refractivity contribution in [2.45, 2.75) is 25.8 Å². The Morgan fingerprint density at radius 3 is 2.68 bits per heavy atom. The molecule has 1 aliphatic carbocycles. The molecule has 1 saturated carbocycles. The van der Waals surface area contributed by atoms with Gasteiger partial charge in [-0.1, -0.05) is 0 Å². The van der Waals surface area contributed by atoms with E-state index < -0.39 is 16.8 Å². The first-order valence-corrected chi connectivity index (χ1v) is 7.64. The number of hydrogen-bond donors (Lipinski definition) is 0. The van der Waals surface area contributed by atoms with E-state index in [4.69, 9.17) is 4.74 Å². The van der Waals surface area contributed by atoms with Crippen LogP contribution in [0.1, 0.15) is 30.1 Å². The molecule has 7 nitrogen and oxygen atoms in total. The maximum Gasteiger partial charge on any atom is 0.325 e. The molecule has 1 aliphatic rings. The van der Waals surface area contributed by atoms with Crippen molar-refractivity contribution in [1.29, 1.82) is 0 Å². The Labute approximate surface area is 135 Å². The van der Waals surface area contributed by atoms with Crippen LogP contribution in [0.25, 0.3) is 0 Å². The van der Waals surface area contributed by atoms with E-state index in [1.807, 2.05) is 0 Å². The fourth-order valence-electron chi connectivity index (χ4n) is 2.05.